The Balaban J connectivity index is 1.26. The fourth-order valence-electron chi connectivity index (χ4n) is 3.83. The normalized spacial score (nSPS) is 14.7. The zero-order valence-corrected chi connectivity index (χ0v) is 16.2. The van der Waals surface area contributed by atoms with Crippen molar-refractivity contribution in [2.45, 2.75) is 6.42 Å². The highest BCUT2D eigenvalue weighted by atomic mass is 32.1. The van der Waals surface area contributed by atoms with Gasteiger partial charge in [0.15, 0.2) is 0 Å². The predicted octanol–water partition coefficient (Wildman–Crippen LogP) is 3.74. The van der Waals surface area contributed by atoms with Gasteiger partial charge in [-0.25, -0.2) is 9.97 Å². The van der Waals surface area contributed by atoms with Crippen molar-refractivity contribution in [1.29, 1.82) is 0 Å². The number of fused-ring (bicyclic) bond motifs is 2. The van der Waals surface area contributed by atoms with Gasteiger partial charge in [-0.15, -0.1) is 11.3 Å². The third kappa shape index (κ3) is 3.20. The summed E-state index contributed by atoms with van der Waals surface area (Å²) < 4.78 is 0. The smallest absolute Gasteiger partial charge is 0.227 e. The minimum Gasteiger partial charge on any atom is -0.352 e. The van der Waals surface area contributed by atoms with Crippen LogP contribution in [0.3, 0.4) is 0 Å². The Morgan fingerprint density at radius 2 is 1.79 bits per heavy atom. The van der Waals surface area contributed by atoms with Crippen LogP contribution in [0, 0.1) is 0 Å². The summed E-state index contributed by atoms with van der Waals surface area (Å²) in [4.78, 5) is 26.9. The molecular formula is C22H20N4OS. The second-order valence-corrected chi connectivity index (χ2v) is 7.96. The van der Waals surface area contributed by atoms with Gasteiger partial charge in [0.25, 0.3) is 0 Å². The summed E-state index contributed by atoms with van der Waals surface area (Å²) in [5.74, 6) is 1.17. The van der Waals surface area contributed by atoms with Crippen LogP contribution in [0.25, 0.3) is 21.0 Å². The lowest BCUT2D eigenvalue weighted by Crippen LogP contribution is -2.49. The van der Waals surface area contributed by atoms with E-state index in [1.54, 1.807) is 17.7 Å². The van der Waals surface area contributed by atoms with Crippen molar-refractivity contribution >= 4 is 44.1 Å². The molecule has 5 rings (SSSR count). The van der Waals surface area contributed by atoms with E-state index in [0.29, 0.717) is 6.42 Å². The first-order chi connectivity index (χ1) is 13.8. The Hall–Kier alpha value is -2.99. The monoisotopic (exact) mass is 388 g/mol. The number of rotatable bonds is 3. The predicted molar refractivity (Wildman–Crippen MR) is 114 cm³/mol. The molecule has 2 aromatic heterocycles. The van der Waals surface area contributed by atoms with Crippen LogP contribution in [-0.2, 0) is 11.2 Å². The Morgan fingerprint density at radius 1 is 0.964 bits per heavy atom. The number of carbonyl (C=O) groups is 1. The molecule has 1 amide bonds. The SMILES string of the molecule is O=C(Cc1ccc2ccccc2c1)N1CCN(c2ncnc3sccc23)CC1. The first-order valence-corrected chi connectivity index (χ1v) is 10.3. The molecule has 0 atom stereocenters. The van der Waals surface area contributed by atoms with E-state index in [9.17, 15) is 4.79 Å². The second kappa shape index (κ2) is 7.20. The number of benzene rings is 2. The maximum absolute atomic E-state index is 12.8. The van der Waals surface area contributed by atoms with Gasteiger partial charge in [0, 0.05) is 26.2 Å². The topological polar surface area (TPSA) is 49.3 Å². The van der Waals surface area contributed by atoms with Gasteiger partial charge in [0.2, 0.25) is 5.91 Å². The fraction of sp³-hybridized carbons (Fsp3) is 0.227. The van der Waals surface area contributed by atoms with Crippen LogP contribution >= 0.6 is 11.3 Å². The molecule has 1 saturated heterocycles. The zero-order chi connectivity index (χ0) is 18.9. The third-order valence-corrected chi connectivity index (χ3v) is 6.16. The Labute approximate surface area is 167 Å². The van der Waals surface area contributed by atoms with Crippen molar-refractivity contribution in [3.05, 3.63) is 65.8 Å². The number of hydrogen-bond acceptors (Lipinski definition) is 5. The largest absolute Gasteiger partial charge is 0.352 e. The first kappa shape index (κ1) is 17.1. The van der Waals surface area contributed by atoms with Crippen molar-refractivity contribution < 1.29 is 4.79 Å². The van der Waals surface area contributed by atoms with Crippen LogP contribution in [0.1, 0.15) is 5.56 Å². The van der Waals surface area contributed by atoms with Crippen molar-refractivity contribution in [3.63, 3.8) is 0 Å². The summed E-state index contributed by atoms with van der Waals surface area (Å²) in [6, 6.07) is 16.6. The molecule has 0 saturated carbocycles. The maximum Gasteiger partial charge on any atom is 0.227 e. The summed E-state index contributed by atoms with van der Waals surface area (Å²) in [6.07, 6.45) is 2.08. The van der Waals surface area contributed by atoms with Crippen LogP contribution < -0.4 is 4.90 Å². The first-order valence-electron chi connectivity index (χ1n) is 9.46. The van der Waals surface area contributed by atoms with Crippen LogP contribution in [0.4, 0.5) is 5.82 Å². The van der Waals surface area contributed by atoms with Gasteiger partial charge in [-0.05, 0) is 27.8 Å². The van der Waals surface area contributed by atoms with Crippen LogP contribution in [0.2, 0.25) is 0 Å². The molecule has 3 heterocycles. The highest BCUT2D eigenvalue weighted by molar-refractivity contribution is 7.16. The van der Waals surface area contributed by atoms with Gasteiger partial charge in [0.1, 0.15) is 17.0 Å². The highest BCUT2D eigenvalue weighted by Crippen LogP contribution is 2.27. The van der Waals surface area contributed by atoms with Gasteiger partial charge >= 0.3 is 0 Å². The van der Waals surface area contributed by atoms with E-state index in [4.69, 9.17) is 0 Å². The fourth-order valence-corrected chi connectivity index (χ4v) is 4.56. The molecule has 0 spiro atoms. The molecule has 6 heteroatoms. The number of anilines is 1. The molecule has 1 aliphatic rings. The third-order valence-electron chi connectivity index (χ3n) is 5.34. The molecule has 0 N–H and O–H groups in total. The van der Waals surface area contributed by atoms with Crippen molar-refractivity contribution in [3.8, 4) is 0 Å². The van der Waals surface area contributed by atoms with Crippen molar-refractivity contribution in [2.24, 2.45) is 0 Å². The van der Waals surface area contributed by atoms with Gasteiger partial charge in [-0.1, -0.05) is 42.5 Å². The average molecular weight is 388 g/mol. The molecule has 140 valence electrons. The lowest BCUT2D eigenvalue weighted by molar-refractivity contribution is -0.130. The number of carbonyl (C=O) groups excluding carboxylic acids is 1. The molecular weight excluding hydrogens is 368 g/mol. The lowest BCUT2D eigenvalue weighted by atomic mass is 10.0. The molecule has 0 unspecified atom stereocenters. The minimum absolute atomic E-state index is 0.193. The summed E-state index contributed by atoms with van der Waals surface area (Å²) in [5.41, 5.74) is 1.07. The zero-order valence-electron chi connectivity index (χ0n) is 15.4. The summed E-state index contributed by atoms with van der Waals surface area (Å²) in [6.45, 7) is 3.04. The van der Waals surface area contributed by atoms with Crippen molar-refractivity contribution in [2.75, 3.05) is 31.1 Å². The molecule has 0 aliphatic carbocycles. The average Bonchev–Trinajstić information content (AvgIpc) is 3.23. The van der Waals surface area contributed by atoms with E-state index in [1.807, 2.05) is 22.4 Å². The molecule has 2 aromatic carbocycles. The molecule has 0 radical (unpaired) electrons. The van der Waals surface area contributed by atoms with E-state index in [2.05, 4.69) is 51.3 Å². The number of thiophene rings is 1. The highest BCUT2D eigenvalue weighted by Gasteiger charge is 2.23. The second-order valence-electron chi connectivity index (χ2n) is 7.06. The van der Waals surface area contributed by atoms with Gasteiger partial charge in [0.05, 0.1) is 11.8 Å². The molecule has 1 fully saturated rings. The molecule has 28 heavy (non-hydrogen) atoms. The van der Waals surface area contributed by atoms with E-state index in [0.717, 1.165) is 47.8 Å². The lowest BCUT2D eigenvalue weighted by Gasteiger charge is -2.35. The number of amides is 1. The van der Waals surface area contributed by atoms with E-state index in [-0.39, 0.29) is 5.91 Å². The summed E-state index contributed by atoms with van der Waals surface area (Å²) in [5, 5.41) is 5.54. The number of hydrogen-bond donors (Lipinski definition) is 0. The van der Waals surface area contributed by atoms with E-state index < -0.39 is 0 Å². The maximum atomic E-state index is 12.8. The summed E-state index contributed by atoms with van der Waals surface area (Å²) in [7, 11) is 0. The number of aromatic nitrogens is 2. The number of piperazine rings is 1. The van der Waals surface area contributed by atoms with E-state index in [1.165, 1.54) is 10.8 Å². The van der Waals surface area contributed by atoms with Gasteiger partial charge in [-0.2, -0.15) is 0 Å². The Morgan fingerprint density at radius 3 is 2.64 bits per heavy atom. The number of nitrogens with zero attached hydrogens (tertiary/aromatic N) is 4. The molecule has 0 bridgehead atoms. The molecule has 5 nitrogen and oxygen atoms in total. The van der Waals surface area contributed by atoms with E-state index >= 15 is 0 Å². The Bertz CT molecular complexity index is 1150. The van der Waals surface area contributed by atoms with Gasteiger partial charge < -0.3 is 9.80 Å². The van der Waals surface area contributed by atoms with Crippen LogP contribution in [0.5, 0.6) is 0 Å². The molecule has 1 aliphatic heterocycles. The minimum atomic E-state index is 0.193. The quantitative estimate of drug-likeness (QED) is 0.537. The van der Waals surface area contributed by atoms with Crippen LogP contribution in [-0.4, -0.2) is 47.0 Å². The molecule has 4 aromatic rings. The van der Waals surface area contributed by atoms with Crippen LogP contribution in [0.15, 0.2) is 60.2 Å². The standard InChI is InChI=1S/C22H20N4OS/c27-20(14-16-5-6-17-3-1-2-4-18(17)13-16)25-8-10-26(11-9-25)21-19-7-12-28-22(19)24-15-23-21/h1-7,12-13,15H,8-11,14H2. The van der Waals surface area contributed by atoms with Crippen molar-refractivity contribution in [1.82, 2.24) is 14.9 Å². The Kier molecular flexibility index (Phi) is 4.41. The summed E-state index contributed by atoms with van der Waals surface area (Å²) >= 11 is 1.63. The van der Waals surface area contributed by atoms with Gasteiger partial charge in [-0.3, -0.25) is 4.79 Å².